The Morgan fingerprint density at radius 1 is 1.08 bits per heavy atom. The first-order valence-electron chi connectivity index (χ1n) is 8.47. The summed E-state index contributed by atoms with van der Waals surface area (Å²) in [4.78, 5) is 18.8. The molecule has 0 spiro atoms. The number of hydrazine groups is 1. The summed E-state index contributed by atoms with van der Waals surface area (Å²) in [6.07, 6.45) is 6.23. The molecule has 0 bridgehead atoms. The Balaban J connectivity index is 1.40. The minimum Gasteiger partial charge on any atom is -0.341 e. The number of aromatic nitrogens is 1. The SMILES string of the molecule is CN(C(=O)C1CC(c2ccncc2)NN1)C1Cc2ccccc2C1. The number of carbonyl (C=O) groups excluding carboxylic acids is 1. The summed E-state index contributed by atoms with van der Waals surface area (Å²) in [7, 11) is 1.93. The molecule has 2 aromatic rings. The van der Waals surface area contributed by atoms with Gasteiger partial charge in [-0.2, -0.15) is 0 Å². The third-order valence-corrected chi connectivity index (χ3v) is 5.23. The molecule has 5 nitrogen and oxygen atoms in total. The van der Waals surface area contributed by atoms with E-state index in [-0.39, 0.29) is 24.0 Å². The quantitative estimate of drug-likeness (QED) is 0.901. The zero-order valence-corrected chi connectivity index (χ0v) is 13.8. The summed E-state index contributed by atoms with van der Waals surface area (Å²) in [5.41, 5.74) is 10.3. The topological polar surface area (TPSA) is 57.3 Å². The van der Waals surface area contributed by atoms with Gasteiger partial charge in [0.05, 0.1) is 0 Å². The summed E-state index contributed by atoms with van der Waals surface area (Å²) in [6, 6.07) is 12.7. The number of nitrogens with one attached hydrogen (secondary N) is 2. The Bertz CT molecular complexity index is 708. The number of benzene rings is 1. The Labute approximate surface area is 142 Å². The minimum atomic E-state index is -0.183. The van der Waals surface area contributed by atoms with Crippen molar-refractivity contribution in [2.24, 2.45) is 0 Å². The van der Waals surface area contributed by atoms with Crippen LogP contribution in [-0.4, -0.2) is 34.9 Å². The highest BCUT2D eigenvalue weighted by molar-refractivity contribution is 5.82. The van der Waals surface area contributed by atoms with Crippen LogP contribution in [0.2, 0.25) is 0 Å². The van der Waals surface area contributed by atoms with E-state index in [1.165, 1.54) is 11.1 Å². The molecule has 5 heteroatoms. The summed E-state index contributed by atoms with van der Waals surface area (Å²) in [6.45, 7) is 0. The number of rotatable bonds is 3. The van der Waals surface area contributed by atoms with Crippen molar-refractivity contribution in [2.45, 2.75) is 37.4 Å². The van der Waals surface area contributed by atoms with Gasteiger partial charge in [-0.3, -0.25) is 9.78 Å². The lowest BCUT2D eigenvalue weighted by Crippen LogP contribution is -2.48. The van der Waals surface area contributed by atoms with Crippen LogP contribution in [0.5, 0.6) is 0 Å². The van der Waals surface area contributed by atoms with Crippen molar-refractivity contribution < 1.29 is 4.79 Å². The molecule has 1 aliphatic heterocycles. The van der Waals surface area contributed by atoms with Crippen LogP contribution in [0.4, 0.5) is 0 Å². The van der Waals surface area contributed by atoms with Crippen LogP contribution in [0.1, 0.15) is 29.2 Å². The maximum atomic E-state index is 12.9. The number of hydrogen-bond acceptors (Lipinski definition) is 4. The predicted molar refractivity (Wildman–Crippen MR) is 92.1 cm³/mol. The fraction of sp³-hybridized carbons (Fsp3) is 0.368. The van der Waals surface area contributed by atoms with Crippen LogP contribution < -0.4 is 10.9 Å². The van der Waals surface area contributed by atoms with Crippen LogP contribution in [0.3, 0.4) is 0 Å². The van der Waals surface area contributed by atoms with Gasteiger partial charge >= 0.3 is 0 Å². The fourth-order valence-electron chi connectivity index (χ4n) is 3.77. The molecule has 1 amide bonds. The monoisotopic (exact) mass is 322 g/mol. The van der Waals surface area contributed by atoms with E-state index in [0.717, 1.165) is 24.8 Å². The standard InChI is InChI=1S/C19H22N4O/c1-23(16-10-14-4-2-3-5-15(14)11-16)19(24)18-12-17(21-22-18)13-6-8-20-9-7-13/h2-9,16-18,21-22H,10-12H2,1H3. The molecule has 2 aliphatic rings. The maximum Gasteiger partial charge on any atom is 0.241 e. The molecular formula is C19H22N4O. The van der Waals surface area contributed by atoms with Gasteiger partial charge in [-0.05, 0) is 48.1 Å². The van der Waals surface area contributed by atoms with Crippen LogP contribution in [0.15, 0.2) is 48.8 Å². The molecule has 2 atom stereocenters. The van der Waals surface area contributed by atoms with E-state index in [1.807, 2.05) is 24.1 Å². The normalized spacial score (nSPS) is 23.2. The number of likely N-dealkylation sites (N-methyl/N-ethyl adjacent to an activating group) is 1. The molecule has 0 saturated carbocycles. The second-order valence-corrected chi connectivity index (χ2v) is 6.69. The van der Waals surface area contributed by atoms with Crippen LogP contribution in [0, 0.1) is 0 Å². The molecule has 0 radical (unpaired) electrons. The molecule has 24 heavy (non-hydrogen) atoms. The van der Waals surface area contributed by atoms with E-state index in [1.54, 1.807) is 12.4 Å². The maximum absolute atomic E-state index is 12.9. The zero-order valence-electron chi connectivity index (χ0n) is 13.8. The van der Waals surface area contributed by atoms with E-state index in [2.05, 4.69) is 40.1 Å². The Morgan fingerprint density at radius 3 is 2.42 bits per heavy atom. The highest BCUT2D eigenvalue weighted by Crippen LogP contribution is 2.27. The Morgan fingerprint density at radius 2 is 1.75 bits per heavy atom. The van der Waals surface area contributed by atoms with Gasteiger partial charge < -0.3 is 4.90 Å². The number of hydrogen-bond donors (Lipinski definition) is 2. The van der Waals surface area contributed by atoms with Gasteiger partial charge in [0.25, 0.3) is 0 Å². The first-order chi connectivity index (χ1) is 11.7. The highest BCUT2D eigenvalue weighted by Gasteiger charge is 2.35. The van der Waals surface area contributed by atoms with Gasteiger partial charge in [-0.15, -0.1) is 0 Å². The smallest absolute Gasteiger partial charge is 0.241 e. The summed E-state index contributed by atoms with van der Waals surface area (Å²) in [5.74, 6) is 0.164. The largest absolute Gasteiger partial charge is 0.341 e. The van der Waals surface area contributed by atoms with E-state index in [4.69, 9.17) is 0 Å². The first kappa shape index (κ1) is 15.3. The van der Waals surface area contributed by atoms with Gasteiger partial charge in [0.15, 0.2) is 0 Å². The molecule has 1 aliphatic carbocycles. The van der Waals surface area contributed by atoms with Crippen molar-refractivity contribution in [1.29, 1.82) is 0 Å². The molecule has 1 saturated heterocycles. The van der Waals surface area contributed by atoms with E-state index in [0.29, 0.717) is 0 Å². The predicted octanol–water partition coefficient (Wildman–Crippen LogP) is 1.61. The highest BCUT2D eigenvalue weighted by atomic mass is 16.2. The van der Waals surface area contributed by atoms with Crippen LogP contribution >= 0.6 is 0 Å². The van der Waals surface area contributed by atoms with Gasteiger partial charge in [0.1, 0.15) is 6.04 Å². The van der Waals surface area contributed by atoms with E-state index in [9.17, 15) is 4.79 Å². The van der Waals surface area contributed by atoms with Gasteiger partial charge in [0, 0.05) is 31.5 Å². The number of amides is 1. The number of pyridine rings is 1. The van der Waals surface area contributed by atoms with Crippen LogP contribution in [0.25, 0.3) is 0 Å². The van der Waals surface area contributed by atoms with Crippen molar-refractivity contribution in [3.05, 3.63) is 65.5 Å². The number of carbonyl (C=O) groups is 1. The number of fused-ring (bicyclic) bond motifs is 1. The third-order valence-electron chi connectivity index (χ3n) is 5.23. The molecule has 2 N–H and O–H groups in total. The molecule has 2 heterocycles. The van der Waals surface area contributed by atoms with Crippen molar-refractivity contribution in [1.82, 2.24) is 20.7 Å². The lowest BCUT2D eigenvalue weighted by Gasteiger charge is -2.27. The summed E-state index contributed by atoms with van der Waals surface area (Å²) in [5, 5.41) is 0. The van der Waals surface area contributed by atoms with Gasteiger partial charge in [-0.1, -0.05) is 24.3 Å². The molecule has 1 aromatic heterocycles. The van der Waals surface area contributed by atoms with Crippen molar-refractivity contribution >= 4 is 5.91 Å². The van der Waals surface area contributed by atoms with Gasteiger partial charge in [-0.25, -0.2) is 10.9 Å². The second kappa shape index (κ2) is 6.34. The lowest BCUT2D eigenvalue weighted by molar-refractivity contribution is -0.133. The van der Waals surface area contributed by atoms with Crippen LogP contribution in [-0.2, 0) is 17.6 Å². The first-order valence-corrected chi connectivity index (χ1v) is 8.47. The number of nitrogens with zero attached hydrogens (tertiary/aromatic N) is 2. The molecule has 1 aromatic carbocycles. The zero-order chi connectivity index (χ0) is 16.5. The molecule has 124 valence electrons. The van der Waals surface area contributed by atoms with E-state index < -0.39 is 0 Å². The Kier molecular flexibility index (Phi) is 4.04. The summed E-state index contributed by atoms with van der Waals surface area (Å²) < 4.78 is 0. The second-order valence-electron chi connectivity index (χ2n) is 6.69. The molecular weight excluding hydrogens is 300 g/mol. The third kappa shape index (κ3) is 2.81. The van der Waals surface area contributed by atoms with Crippen molar-refractivity contribution in [3.63, 3.8) is 0 Å². The average molecular weight is 322 g/mol. The minimum absolute atomic E-state index is 0.149. The lowest BCUT2D eigenvalue weighted by atomic mass is 10.0. The molecule has 1 fully saturated rings. The molecule has 2 unspecified atom stereocenters. The average Bonchev–Trinajstić information content (AvgIpc) is 3.28. The van der Waals surface area contributed by atoms with Crippen molar-refractivity contribution in [3.8, 4) is 0 Å². The molecule has 4 rings (SSSR count). The van der Waals surface area contributed by atoms with E-state index >= 15 is 0 Å². The summed E-state index contributed by atoms with van der Waals surface area (Å²) >= 11 is 0. The van der Waals surface area contributed by atoms with Crippen molar-refractivity contribution in [2.75, 3.05) is 7.05 Å². The fourth-order valence-corrected chi connectivity index (χ4v) is 3.77. The Hall–Kier alpha value is -2.24. The van der Waals surface area contributed by atoms with Gasteiger partial charge in [0.2, 0.25) is 5.91 Å².